The van der Waals surface area contributed by atoms with Crippen molar-refractivity contribution in [3.63, 3.8) is 0 Å². The molecule has 122 valence electrons. The lowest BCUT2D eigenvalue weighted by Gasteiger charge is -1.93. The molecule has 0 fully saturated rings. The zero-order chi connectivity index (χ0) is 16.4. The van der Waals surface area contributed by atoms with Gasteiger partial charge in [-0.1, -0.05) is 23.9 Å². The molecule has 1 N–H and O–H groups in total. The summed E-state index contributed by atoms with van der Waals surface area (Å²) in [6, 6.07) is 8.16. The van der Waals surface area contributed by atoms with E-state index in [1.54, 1.807) is 34.4 Å². The van der Waals surface area contributed by atoms with Crippen LogP contribution in [0.1, 0.15) is 22.2 Å². The lowest BCUT2D eigenvalue weighted by atomic mass is 10.3. The van der Waals surface area contributed by atoms with Crippen molar-refractivity contribution in [2.75, 3.05) is 0 Å². The van der Waals surface area contributed by atoms with Crippen LogP contribution in [0, 0.1) is 6.92 Å². The van der Waals surface area contributed by atoms with Crippen molar-refractivity contribution in [1.29, 1.82) is 0 Å². The number of nitrogens with zero attached hydrogens (tertiary/aromatic N) is 3. The average molecular weight is 375 g/mol. The van der Waals surface area contributed by atoms with Gasteiger partial charge in [0.15, 0.2) is 0 Å². The fourth-order valence-electron chi connectivity index (χ4n) is 2.20. The van der Waals surface area contributed by atoms with Crippen LogP contribution in [0.4, 0.5) is 0 Å². The van der Waals surface area contributed by atoms with Crippen molar-refractivity contribution in [2.45, 2.75) is 24.3 Å². The smallest absolute Gasteiger partial charge is 0.236 e. The molecular formula is C16H14N4OS3. The van der Waals surface area contributed by atoms with E-state index in [-0.39, 0.29) is 0 Å². The number of H-pyrrole nitrogens is 1. The summed E-state index contributed by atoms with van der Waals surface area (Å²) in [5.74, 6) is 3.11. The molecule has 0 atom stereocenters. The van der Waals surface area contributed by atoms with Crippen LogP contribution in [0.2, 0.25) is 0 Å². The number of thioether (sulfide) groups is 1. The largest absolute Gasteiger partial charge is 0.440 e. The van der Waals surface area contributed by atoms with Crippen LogP contribution in [0.5, 0.6) is 0 Å². The maximum Gasteiger partial charge on any atom is 0.236 e. The third-order valence-corrected chi connectivity index (χ3v) is 5.99. The Bertz CT molecular complexity index is 909. The van der Waals surface area contributed by atoms with Crippen LogP contribution >= 0.6 is 34.4 Å². The van der Waals surface area contributed by atoms with Crippen molar-refractivity contribution in [3.8, 4) is 10.8 Å². The van der Waals surface area contributed by atoms with Crippen LogP contribution in [0.15, 0.2) is 44.6 Å². The maximum atomic E-state index is 5.76. The zero-order valence-electron chi connectivity index (χ0n) is 12.9. The van der Waals surface area contributed by atoms with Gasteiger partial charge in [-0.15, -0.1) is 27.8 Å². The molecule has 5 nitrogen and oxygen atoms in total. The van der Waals surface area contributed by atoms with Gasteiger partial charge in [-0.05, 0) is 29.8 Å². The highest BCUT2D eigenvalue weighted by atomic mass is 32.2. The molecule has 24 heavy (non-hydrogen) atoms. The second-order valence-corrected chi connectivity index (χ2v) is 8.03. The van der Waals surface area contributed by atoms with Gasteiger partial charge in [-0.25, -0.2) is 9.97 Å². The molecule has 4 heterocycles. The van der Waals surface area contributed by atoms with Crippen LogP contribution in [0.25, 0.3) is 10.8 Å². The summed E-state index contributed by atoms with van der Waals surface area (Å²) >= 11 is 4.91. The number of nitrogens with one attached hydrogen (secondary N) is 1. The van der Waals surface area contributed by atoms with Crippen molar-refractivity contribution in [3.05, 3.63) is 57.2 Å². The van der Waals surface area contributed by atoms with Crippen LogP contribution in [0.3, 0.4) is 0 Å². The van der Waals surface area contributed by atoms with E-state index in [2.05, 4.69) is 31.6 Å². The molecule has 0 unspecified atom stereocenters. The predicted molar refractivity (Wildman–Crippen MR) is 97.6 cm³/mol. The molecule has 0 saturated carbocycles. The molecule has 0 aliphatic rings. The first-order valence-corrected chi connectivity index (χ1v) is 10.1. The topological polar surface area (TPSA) is 67.6 Å². The highest BCUT2D eigenvalue weighted by Gasteiger charge is 2.14. The molecule has 4 rings (SSSR count). The molecule has 0 aromatic carbocycles. The normalized spacial score (nSPS) is 11.2. The van der Waals surface area contributed by atoms with E-state index in [1.807, 2.05) is 30.5 Å². The molecule has 0 saturated heterocycles. The number of hydrogen-bond donors (Lipinski definition) is 1. The van der Waals surface area contributed by atoms with Gasteiger partial charge in [-0.3, -0.25) is 5.10 Å². The van der Waals surface area contributed by atoms with E-state index >= 15 is 0 Å². The summed E-state index contributed by atoms with van der Waals surface area (Å²) in [5, 5.41) is 12.1. The van der Waals surface area contributed by atoms with Crippen molar-refractivity contribution in [1.82, 2.24) is 20.2 Å². The van der Waals surface area contributed by atoms with E-state index < -0.39 is 0 Å². The summed E-state index contributed by atoms with van der Waals surface area (Å²) in [4.78, 5) is 11.4. The van der Waals surface area contributed by atoms with Gasteiger partial charge >= 0.3 is 0 Å². The van der Waals surface area contributed by atoms with Gasteiger partial charge in [0.25, 0.3) is 0 Å². The second kappa shape index (κ2) is 6.92. The predicted octanol–water partition coefficient (Wildman–Crippen LogP) is 4.77. The minimum Gasteiger partial charge on any atom is -0.440 e. The summed E-state index contributed by atoms with van der Waals surface area (Å²) in [5.41, 5.74) is 0.938. The molecule has 8 heteroatoms. The zero-order valence-corrected chi connectivity index (χ0v) is 15.3. The van der Waals surface area contributed by atoms with Gasteiger partial charge in [0, 0.05) is 17.1 Å². The Morgan fingerprint density at radius 3 is 2.83 bits per heavy atom. The first kappa shape index (κ1) is 15.6. The van der Waals surface area contributed by atoms with Crippen LogP contribution in [-0.4, -0.2) is 20.2 Å². The SMILES string of the molecule is Cc1oc(-c2cccs2)nc1CSc1n[nH]c(Cc2cccs2)n1. The fraction of sp³-hybridized carbons (Fsp3) is 0.188. The molecule has 0 aliphatic carbocycles. The molecule has 0 radical (unpaired) electrons. The third kappa shape index (κ3) is 3.45. The Kier molecular flexibility index (Phi) is 4.50. The number of hydrogen-bond acceptors (Lipinski definition) is 7. The standard InChI is InChI=1S/C16H14N4OS3/c1-10-12(17-15(21-10)13-5-3-7-23-13)9-24-16-18-14(19-20-16)8-11-4-2-6-22-11/h2-7H,8-9H2,1H3,(H,18,19,20). The van der Waals surface area contributed by atoms with E-state index in [0.717, 1.165) is 33.7 Å². The van der Waals surface area contributed by atoms with E-state index in [1.165, 1.54) is 4.88 Å². The molecule has 0 aliphatic heterocycles. The van der Waals surface area contributed by atoms with Gasteiger partial charge in [0.2, 0.25) is 11.0 Å². The van der Waals surface area contributed by atoms with Gasteiger partial charge in [-0.2, -0.15) is 0 Å². The number of thiophene rings is 2. The summed E-state index contributed by atoms with van der Waals surface area (Å²) in [7, 11) is 0. The van der Waals surface area contributed by atoms with E-state index in [0.29, 0.717) is 11.6 Å². The Hall–Kier alpha value is -1.90. The minimum absolute atomic E-state index is 0.687. The van der Waals surface area contributed by atoms with Crippen molar-refractivity contribution in [2.24, 2.45) is 0 Å². The van der Waals surface area contributed by atoms with Gasteiger partial charge in [0.1, 0.15) is 11.6 Å². The highest BCUT2D eigenvalue weighted by Crippen LogP contribution is 2.28. The van der Waals surface area contributed by atoms with Crippen LogP contribution in [-0.2, 0) is 12.2 Å². The quantitative estimate of drug-likeness (QED) is 0.492. The molecule has 0 amide bonds. The molecule has 0 bridgehead atoms. The molecular weight excluding hydrogens is 360 g/mol. The first-order chi connectivity index (χ1) is 11.8. The summed E-state index contributed by atoms with van der Waals surface area (Å²) in [6.45, 7) is 1.94. The number of aromatic amines is 1. The number of oxazole rings is 1. The minimum atomic E-state index is 0.687. The Labute approximate surface area is 151 Å². The van der Waals surface area contributed by atoms with Gasteiger partial charge in [0.05, 0.1) is 10.6 Å². The van der Waals surface area contributed by atoms with Crippen molar-refractivity contribution < 1.29 is 4.42 Å². The van der Waals surface area contributed by atoms with Crippen LogP contribution < -0.4 is 0 Å². The highest BCUT2D eigenvalue weighted by molar-refractivity contribution is 7.98. The molecule has 4 aromatic heterocycles. The van der Waals surface area contributed by atoms with E-state index in [9.17, 15) is 0 Å². The van der Waals surface area contributed by atoms with E-state index in [4.69, 9.17) is 4.42 Å². The lowest BCUT2D eigenvalue weighted by Crippen LogP contribution is -1.87. The first-order valence-electron chi connectivity index (χ1n) is 7.34. The number of aryl methyl sites for hydroxylation is 1. The Balaban J connectivity index is 1.41. The Morgan fingerprint density at radius 1 is 1.17 bits per heavy atom. The summed E-state index contributed by atoms with van der Waals surface area (Å²) in [6.07, 6.45) is 0.788. The monoisotopic (exact) mass is 374 g/mol. The molecule has 0 spiro atoms. The number of rotatable bonds is 6. The fourth-order valence-corrected chi connectivity index (χ4v) is 4.38. The number of aromatic nitrogens is 4. The maximum absolute atomic E-state index is 5.76. The third-order valence-electron chi connectivity index (χ3n) is 3.40. The summed E-state index contributed by atoms with van der Waals surface area (Å²) < 4.78 is 5.76. The average Bonchev–Trinajstić information content (AvgIpc) is 3.35. The van der Waals surface area contributed by atoms with Crippen molar-refractivity contribution >= 4 is 34.4 Å². The van der Waals surface area contributed by atoms with Gasteiger partial charge < -0.3 is 4.42 Å². The Morgan fingerprint density at radius 2 is 2.04 bits per heavy atom. The molecule has 4 aromatic rings. The lowest BCUT2D eigenvalue weighted by molar-refractivity contribution is 0.542. The second-order valence-electron chi connectivity index (χ2n) is 5.11.